The Balaban J connectivity index is 1.65. The number of hydrogen-bond acceptors (Lipinski definition) is 5. The number of nitrogens with one attached hydrogen (secondary N) is 1. The fourth-order valence-corrected chi connectivity index (χ4v) is 2.54. The standard InChI is InChI=1S/C16H15N5OS/c17-15(18-12-4-2-1-3-5-12)23-16-19-14(20-21-16)10-11-6-8-13(22)9-7-11/h1-9,22H,10H2,(H2,17,18)(H,19,20,21). The molecule has 1 heterocycles. The Morgan fingerprint density at radius 1 is 1.13 bits per heavy atom. The molecule has 0 spiro atoms. The van der Waals surface area contributed by atoms with Crippen molar-refractivity contribution in [3.8, 4) is 5.75 Å². The summed E-state index contributed by atoms with van der Waals surface area (Å²) in [6.07, 6.45) is 0.601. The number of rotatable bonds is 4. The summed E-state index contributed by atoms with van der Waals surface area (Å²) in [6, 6.07) is 16.5. The summed E-state index contributed by atoms with van der Waals surface area (Å²) < 4.78 is 0. The Kier molecular flexibility index (Phi) is 4.58. The van der Waals surface area contributed by atoms with Crippen molar-refractivity contribution in [1.29, 1.82) is 0 Å². The molecule has 0 radical (unpaired) electrons. The van der Waals surface area contributed by atoms with Crippen molar-refractivity contribution in [2.45, 2.75) is 11.6 Å². The number of nitrogens with two attached hydrogens (primary N) is 1. The van der Waals surface area contributed by atoms with Crippen molar-refractivity contribution in [2.24, 2.45) is 10.7 Å². The van der Waals surface area contributed by atoms with Crippen LogP contribution in [0, 0.1) is 0 Å². The first-order valence-corrected chi connectivity index (χ1v) is 7.77. The van der Waals surface area contributed by atoms with Crippen LogP contribution < -0.4 is 5.73 Å². The van der Waals surface area contributed by atoms with Crippen LogP contribution in [-0.4, -0.2) is 25.5 Å². The summed E-state index contributed by atoms with van der Waals surface area (Å²) in [5.74, 6) is 0.971. The lowest BCUT2D eigenvalue weighted by Crippen LogP contribution is -2.05. The maximum absolute atomic E-state index is 9.28. The van der Waals surface area contributed by atoms with E-state index in [9.17, 15) is 5.11 Å². The molecular weight excluding hydrogens is 310 g/mol. The highest BCUT2D eigenvalue weighted by Gasteiger charge is 2.07. The van der Waals surface area contributed by atoms with Gasteiger partial charge < -0.3 is 10.8 Å². The van der Waals surface area contributed by atoms with Crippen LogP contribution in [0.15, 0.2) is 64.7 Å². The van der Waals surface area contributed by atoms with E-state index in [-0.39, 0.29) is 5.75 Å². The molecule has 0 fully saturated rings. The number of aromatic amines is 1. The molecule has 0 saturated heterocycles. The van der Waals surface area contributed by atoms with E-state index in [4.69, 9.17) is 5.73 Å². The van der Waals surface area contributed by atoms with E-state index in [1.807, 2.05) is 42.5 Å². The van der Waals surface area contributed by atoms with Crippen LogP contribution in [0.1, 0.15) is 11.4 Å². The molecule has 3 aromatic rings. The van der Waals surface area contributed by atoms with Crippen LogP contribution in [-0.2, 0) is 6.42 Å². The topological polar surface area (TPSA) is 100 Å². The molecule has 116 valence electrons. The minimum atomic E-state index is 0.243. The molecule has 0 unspecified atom stereocenters. The van der Waals surface area contributed by atoms with Crippen molar-refractivity contribution in [3.63, 3.8) is 0 Å². The van der Waals surface area contributed by atoms with Crippen molar-refractivity contribution < 1.29 is 5.11 Å². The Hall–Kier alpha value is -2.80. The van der Waals surface area contributed by atoms with Gasteiger partial charge >= 0.3 is 0 Å². The zero-order chi connectivity index (χ0) is 16.1. The summed E-state index contributed by atoms with van der Waals surface area (Å²) >= 11 is 1.21. The second-order valence-electron chi connectivity index (χ2n) is 4.80. The number of amidine groups is 1. The molecule has 1 aromatic heterocycles. The summed E-state index contributed by atoms with van der Waals surface area (Å²) in [5.41, 5.74) is 7.73. The van der Waals surface area contributed by atoms with Gasteiger partial charge in [-0.25, -0.2) is 9.98 Å². The summed E-state index contributed by atoms with van der Waals surface area (Å²) in [6.45, 7) is 0. The van der Waals surface area contributed by atoms with Crippen molar-refractivity contribution >= 4 is 22.6 Å². The molecule has 2 aromatic carbocycles. The van der Waals surface area contributed by atoms with E-state index < -0.39 is 0 Å². The summed E-state index contributed by atoms with van der Waals surface area (Å²) in [5, 5.41) is 17.2. The maximum Gasteiger partial charge on any atom is 0.216 e. The van der Waals surface area contributed by atoms with Crippen LogP contribution in [0.3, 0.4) is 0 Å². The van der Waals surface area contributed by atoms with Gasteiger partial charge in [0.1, 0.15) is 11.6 Å². The van der Waals surface area contributed by atoms with Crippen LogP contribution >= 0.6 is 11.8 Å². The zero-order valence-corrected chi connectivity index (χ0v) is 13.0. The van der Waals surface area contributed by atoms with Crippen LogP contribution in [0.4, 0.5) is 5.69 Å². The number of aromatic nitrogens is 3. The lowest BCUT2D eigenvalue weighted by atomic mass is 10.1. The molecule has 0 aliphatic carbocycles. The van der Waals surface area contributed by atoms with Gasteiger partial charge in [0.2, 0.25) is 5.16 Å². The van der Waals surface area contributed by atoms with E-state index >= 15 is 0 Å². The number of thioether (sulfide) groups is 1. The quantitative estimate of drug-likeness (QED) is 0.389. The van der Waals surface area contributed by atoms with E-state index in [1.165, 1.54) is 11.8 Å². The first-order chi connectivity index (χ1) is 11.2. The van der Waals surface area contributed by atoms with Gasteiger partial charge in [-0.2, -0.15) is 0 Å². The number of para-hydroxylation sites is 1. The number of benzene rings is 2. The van der Waals surface area contributed by atoms with E-state index in [0.29, 0.717) is 16.7 Å². The Labute approximate surface area is 137 Å². The minimum Gasteiger partial charge on any atom is -0.508 e. The Morgan fingerprint density at radius 3 is 2.61 bits per heavy atom. The largest absolute Gasteiger partial charge is 0.508 e. The number of phenolic OH excluding ortho intramolecular Hbond substituents is 1. The number of nitrogens with zero attached hydrogens (tertiary/aromatic N) is 3. The predicted octanol–water partition coefficient (Wildman–Crippen LogP) is 2.84. The average molecular weight is 325 g/mol. The summed E-state index contributed by atoms with van der Waals surface area (Å²) in [7, 11) is 0. The third-order valence-corrected chi connectivity index (χ3v) is 3.68. The van der Waals surface area contributed by atoms with Gasteiger partial charge in [0.05, 0.1) is 5.69 Å². The SMILES string of the molecule is NC(=Nc1ccccc1)Sc1n[nH]c(Cc2ccc(O)cc2)n1. The molecular formula is C16H15N5OS. The van der Waals surface area contributed by atoms with Crippen LogP contribution in [0.2, 0.25) is 0 Å². The summed E-state index contributed by atoms with van der Waals surface area (Å²) in [4.78, 5) is 8.68. The smallest absolute Gasteiger partial charge is 0.216 e. The Bertz CT molecular complexity index is 799. The fraction of sp³-hybridized carbons (Fsp3) is 0.0625. The minimum absolute atomic E-state index is 0.243. The van der Waals surface area contributed by atoms with Crippen LogP contribution in [0.25, 0.3) is 0 Å². The first-order valence-electron chi connectivity index (χ1n) is 6.95. The van der Waals surface area contributed by atoms with Gasteiger partial charge in [-0.3, -0.25) is 5.10 Å². The monoisotopic (exact) mass is 325 g/mol. The van der Waals surface area contributed by atoms with Gasteiger partial charge in [-0.05, 0) is 41.6 Å². The van der Waals surface area contributed by atoms with Gasteiger partial charge in [0.15, 0.2) is 5.17 Å². The molecule has 0 aliphatic rings. The molecule has 4 N–H and O–H groups in total. The molecule has 0 aliphatic heterocycles. The molecule has 0 amide bonds. The molecule has 23 heavy (non-hydrogen) atoms. The second kappa shape index (κ2) is 6.97. The second-order valence-corrected chi connectivity index (χ2v) is 5.78. The number of hydrogen-bond donors (Lipinski definition) is 3. The van der Waals surface area contributed by atoms with Gasteiger partial charge in [-0.15, -0.1) is 5.10 Å². The highest BCUT2D eigenvalue weighted by molar-refractivity contribution is 8.13. The third-order valence-electron chi connectivity index (χ3n) is 3.01. The molecule has 6 nitrogen and oxygen atoms in total. The van der Waals surface area contributed by atoms with Gasteiger partial charge in [0.25, 0.3) is 0 Å². The third kappa shape index (κ3) is 4.33. The molecule has 7 heteroatoms. The van der Waals surface area contributed by atoms with E-state index in [1.54, 1.807) is 12.1 Å². The lowest BCUT2D eigenvalue weighted by molar-refractivity contribution is 0.475. The number of aliphatic imine (C=N–C) groups is 1. The number of H-pyrrole nitrogens is 1. The zero-order valence-electron chi connectivity index (χ0n) is 12.2. The van der Waals surface area contributed by atoms with Crippen molar-refractivity contribution in [1.82, 2.24) is 15.2 Å². The van der Waals surface area contributed by atoms with Gasteiger partial charge in [0, 0.05) is 6.42 Å². The average Bonchev–Trinajstić information content (AvgIpc) is 2.97. The highest BCUT2D eigenvalue weighted by Crippen LogP contribution is 2.18. The molecule has 0 atom stereocenters. The fourth-order valence-electron chi connectivity index (χ4n) is 1.96. The van der Waals surface area contributed by atoms with Gasteiger partial charge in [-0.1, -0.05) is 30.3 Å². The molecule has 3 rings (SSSR count). The number of aromatic hydroxyl groups is 1. The van der Waals surface area contributed by atoms with E-state index in [0.717, 1.165) is 17.1 Å². The van der Waals surface area contributed by atoms with Crippen molar-refractivity contribution in [3.05, 3.63) is 66.0 Å². The predicted molar refractivity (Wildman–Crippen MR) is 90.9 cm³/mol. The number of phenols is 1. The maximum atomic E-state index is 9.28. The van der Waals surface area contributed by atoms with Crippen molar-refractivity contribution in [2.75, 3.05) is 0 Å². The molecule has 0 saturated carbocycles. The lowest BCUT2D eigenvalue weighted by Gasteiger charge is -1.98. The van der Waals surface area contributed by atoms with Crippen LogP contribution in [0.5, 0.6) is 5.75 Å². The normalized spacial score (nSPS) is 11.6. The first kappa shape index (κ1) is 15.1. The Morgan fingerprint density at radius 2 is 1.87 bits per heavy atom. The highest BCUT2D eigenvalue weighted by atomic mass is 32.2. The molecule has 0 bridgehead atoms. The van der Waals surface area contributed by atoms with E-state index in [2.05, 4.69) is 20.2 Å².